The van der Waals surface area contributed by atoms with Crippen LogP contribution < -0.4 is 10.1 Å². The molecular weight excluding hydrogens is 538 g/mol. The van der Waals surface area contributed by atoms with Crippen molar-refractivity contribution in [1.29, 1.82) is 0 Å². The summed E-state index contributed by atoms with van der Waals surface area (Å²) in [5, 5.41) is 3.13. The van der Waals surface area contributed by atoms with Gasteiger partial charge in [0.15, 0.2) is 0 Å². The van der Waals surface area contributed by atoms with E-state index >= 15 is 0 Å². The number of rotatable bonds is 11. The number of benzene rings is 3. The lowest BCUT2D eigenvalue weighted by Gasteiger charge is -2.35. The van der Waals surface area contributed by atoms with Gasteiger partial charge in [-0.05, 0) is 60.8 Å². The number of ether oxygens (including phenoxy) is 2. The molecule has 1 amide bonds. The lowest BCUT2D eigenvalue weighted by atomic mass is 9.90. The first-order valence-corrected chi connectivity index (χ1v) is 15.5. The maximum atomic E-state index is 13.2. The van der Waals surface area contributed by atoms with Gasteiger partial charge < -0.3 is 19.2 Å². The Bertz CT molecular complexity index is 1370. The third-order valence-electron chi connectivity index (χ3n) is 8.52. The number of amides is 1. The molecule has 3 aromatic carbocycles. The van der Waals surface area contributed by atoms with Crippen molar-refractivity contribution in [3.63, 3.8) is 0 Å². The van der Waals surface area contributed by atoms with E-state index in [1.54, 1.807) is 6.26 Å². The number of furan rings is 1. The molecule has 0 spiro atoms. The van der Waals surface area contributed by atoms with Gasteiger partial charge in [-0.3, -0.25) is 14.6 Å². The van der Waals surface area contributed by atoms with Crippen LogP contribution in [0.5, 0.6) is 5.75 Å². The number of piperidine rings is 1. The van der Waals surface area contributed by atoms with E-state index in [4.69, 9.17) is 13.9 Å². The smallest absolute Gasteiger partial charge is 0.251 e. The van der Waals surface area contributed by atoms with Gasteiger partial charge >= 0.3 is 0 Å². The van der Waals surface area contributed by atoms with Crippen LogP contribution in [0.2, 0.25) is 0 Å². The van der Waals surface area contributed by atoms with Crippen molar-refractivity contribution < 1.29 is 18.7 Å². The fourth-order valence-electron chi connectivity index (χ4n) is 6.28. The fourth-order valence-corrected chi connectivity index (χ4v) is 6.28. The number of carbonyl (C=O) groups is 1. The molecule has 4 aromatic rings. The molecule has 0 bridgehead atoms. The van der Waals surface area contributed by atoms with E-state index in [0.29, 0.717) is 31.2 Å². The minimum absolute atomic E-state index is 0.0360. The average molecular weight is 580 g/mol. The van der Waals surface area contributed by atoms with Gasteiger partial charge in [0.1, 0.15) is 17.6 Å². The Labute approximate surface area is 254 Å². The number of hydrogen-bond donors (Lipinski definition) is 1. The largest absolute Gasteiger partial charge is 0.489 e. The number of nitrogens with one attached hydrogen (secondary N) is 1. The highest BCUT2D eigenvalue weighted by atomic mass is 16.5. The van der Waals surface area contributed by atoms with Crippen LogP contribution in [0.4, 0.5) is 0 Å². The van der Waals surface area contributed by atoms with Crippen molar-refractivity contribution in [3.05, 3.63) is 126 Å². The zero-order valence-corrected chi connectivity index (χ0v) is 24.6. The molecule has 7 heteroatoms. The molecule has 0 aliphatic carbocycles. The van der Waals surface area contributed by atoms with E-state index in [0.717, 1.165) is 57.1 Å². The molecule has 3 heterocycles. The third-order valence-corrected chi connectivity index (χ3v) is 8.52. The Morgan fingerprint density at radius 3 is 2.33 bits per heavy atom. The molecule has 0 saturated carbocycles. The van der Waals surface area contributed by atoms with Crippen LogP contribution in [0.15, 0.2) is 108 Å². The highest BCUT2D eigenvalue weighted by molar-refractivity contribution is 5.94. The topological polar surface area (TPSA) is 67.2 Å². The molecule has 2 unspecified atom stereocenters. The minimum atomic E-state index is -0.117. The summed E-state index contributed by atoms with van der Waals surface area (Å²) in [6.07, 6.45) is 3.83. The second kappa shape index (κ2) is 14.5. The lowest BCUT2D eigenvalue weighted by molar-refractivity contribution is 0.0118. The summed E-state index contributed by atoms with van der Waals surface area (Å²) in [6, 6.07) is 32.9. The van der Waals surface area contributed by atoms with E-state index in [2.05, 4.69) is 75.8 Å². The van der Waals surface area contributed by atoms with Gasteiger partial charge in [0.05, 0.1) is 25.5 Å². The Morgan fingerprint density at radius 1 is 0.884 bits per heavy atom. The predicted octanol–water partition coefficient (Wildman–Crippen LogP) is 5.76. The maximum absolute atomic E-state index is 13.2. The number of carbonyl (C=O) groups excluding carboxylic acids is 1. The van der Waals surface area contributed by atoms with Crippen LogP contribution in [0.25, 0.3) is 0 Å². The Hall–Kier alpha value is -3.91. The summed E-state index contributed by atoms with van der Waals surface area (Å²) < 4.78 is 17.7. The molecule has 43 heavy (non-hydrogen) atoms. The first-order chi connectivity index (χ1) is 21.2. The van der Waals surface area contributed by atoms with E-state index < -0.39 is 0 Å². The van der Waals surface area contributed by atoms with E-state index in [1.165, 1.54) is 11.1 Å². The molecule has 1 aromatic heterocycles. The lowest BCUT2D eigenvalue weighted by Crippen LogP contribution is -2.43. The van der Waals surface area contributed by atoms with Crippen LogP contribution in [0.1, 0.15) is 52.0 Å². The molecule has 1 N–H and O–H groups in total. The van der Waals surface area contributed by atoms with Gasteiger partial charge in [0.2, 0.25) is 0 Å². The van der Waals surface area contributed by atoms with Crippen LogP contribution in [0, 0.1) is 0 Å². The summed E-state index contributed by atoms with van der Waals surface area (Å²) >= 11 is 0. The highest BCUT2D eigenvalue weighted by Crippen LogP contribution is 2.28. The summed E-state index contributed by atoms with van der Waals surface area (Å²) in [6.45, 7) is 6.29. The fraction of sp³-hybridized carbons (Fsp3) is 0.361. The quantitative estimate of drug-likeness (QED) is 0.244. The van der Waals surface area contributed by atoms with Gasteiger partial charge in [0, 0.05) is 44.2 Å². The van der Waals surface area contributed by atoms with E-state index in [-0.39, 0.29) is 18.1 Å². The number of morpholine rings is 1. The first-order valence-electron chi connectivity index (χ1n) is 15.5. The van der Waals surface area contributed by atoms with Crippen molar-refractivity contribution in [2.24, 2.45) is 0 Å². The standard InChI is InChI=1S/C36H41N3O4/c40-36(37-25-34(35-17-9-21-42-35)39-19-22-41-23-20-39)30-14-7-15-31(24-30)43-32-16-8-18-38(26-32)27-33(28-10-3-1-4-11-28)29-12-5-2-6-13-29/h1-7,9-15,17,21,24,32-34H,8,16,18-20,22-23,25-27H2,(H,37,40). The summed E-state index contributed by atoms with van der Waals surface area (Å²) in [5.41, 5.74) is 3.26. The molecule has 2 saturated heterocycles. The van der Waals surface area contributed by atoms with Crippen molar-refractivity contribution in [1.82, 2.24) is 15.1 Å². The van der Waals surface area contributed by atoms with Gasteiger partial charge in [-0.1, -0.05) is 66.7 Å². The number of nitrogens with zero attached hydrogens (tertiary/aromatic N) is 2. The molecule has 2 fully saturated rings. The van der Waals surface area contributed by atoms with Crippen LogP contribution >= 0.6 is 0 Å². The van der Waals surface area contributed by atoms with Crippen molar-refractivity contribution in [2.45, 2.75) is 30.9 Å². The summed E-state index contributed by atoms with van der Waals surface area (Å²) in [7, 11) is 0. The van der Waals surface area contributed by atoms with Gasteiger partial charge in [-0.25, -0.2) is 0 Å². The molecule has 224 valence electrons. The molecule has 2 aliphatic heterocycles. The predicted molar refractivity (Wildman–Crippen MR) is 167 cm³/mol. The van der Waals surface area contributed by atoms with E-state index in [1.807, 2.05) is 36.4 Å². The Morgan fingerprint density at radius 2 is 1.63 bits per heavy atom. The molecule has 6 rings (SSSR count). The maximum Gasteiger partial charge on any atom is 0.251 e. The van der Waals surface area contributed by atoms with Crippen LogP contribution in [-0.2, 0) is 4.74 Å². The minimum Gasteiger partial charge on any atom is -0.489 e. The molecule has 7 nitrogen and oxygen atoms in total. The zero-order valence-electron chi connectivity index (χ0n) is 24.6. The van der Waals surface area contributed by atoms with Gasteiger partial charge in [-0.2, -0.15) is 0 Å². The monoisotopic (exact) mass is 579 g/mol. The van der Waals surface area contributed by atoms with Crippen molar-refractivity contribution in [2.75, 3.05) is 52.5 Å². The highest BCUT2D eigenvalue weighted by Gasteiger charge is 2.27. The number of hydrogen-bond acceptors (Lipinski definition) is 6. The van der Waals surface area contributed by atoms with E-state index in [9.17, 15) is 4.79 Å². The van der Waals surface area contributed by atoms with Crippen LogP contribution in [-0.4, -0.2) is 74.3 Å². The summed E-state index contributed by atoms with van der Waals surface area (Å²) in [5.74, 6) is 1.77. The normalized spacial score (nSPS) is 18.8. The van der Waals surface area contributed by atoms with Crippen molar-refractivity contribution in [3.8, 4) is 5.75 Å². The van der Waals surface area contributed by atoms with Crippen molar-refractivity contribution >= 4 is 5.91 Å². The average Bonchev–Trinajstić information content (AvgIpc) is 3.60. The Kier molecular flexibility index (Phi) is 9.85. The van der Waals surface area contributed by atoms with Gasteiger partial charge in [0.25, 0.3) is 5.91 Å². The Balaban J connectivity index is 1.07. The molecule has 2 atom stereocenters. The van der Waals surface area contributed by atoms with Crippen LogP contribution in [0.3, 0.4) is 0 Å². The zero-order chi connectivity index (χ0) is 29.3. The molecular formula is C36H41N3O4. The molecule has 0 radical (unpaired) electrons. The summed E-state index contributed by atoms with van der Waals surface area (Å²) in [4.78, 5) is 18.1. The first kappa shape index (κ1) is 29.2. The van der Waals surface area contributed by atoms with Gasteiger partial charge in [-0.15, -0.1) is 0 Å². The second-order valence-electron chi connectivity index (χ2n) is 11.4. The SMILES string of the molecule is O=C(NCC(c1ccco1)N1CCOCC1)c1cccc(OC2CCCN(CC(c3ccccc3)c3ccccc3)C2)c1. The second-order valence-corrected chi connectivity index (χ2v) is 11.4. The number of likely N-dealkylation sites (tertiary alicyclic amines) is 1. The third kappa shape index (κ3) is 7.73. The molecule has 2 aliphatic rings.